The van der Waals surface area contributed by atoms with E-state index in [1.54, 1.807) is 0 Å². The van der Waals surface area contributed by atoms with Gasteiger partial charge in [-0.15, -0.1) is 0 Å². The first-order chi connectivity index (χ1) is 18.3. The first kappa shape index (κ1) is 26.5. The Morgan fingerprint density at radius 1 is 1.13 bits per heavy atom. The molecule has 2 fully saturated rings. The summed E-state index contributed by atoms with van der Waals surface area (Å²) < 4.78 is 14.0. The molecule has 11 heteroatoms. The van der Waals surface area contributed by atoms with Gasteiger partial charge in [-0.3, -0.25) is 33.7 Å². The Hall–Kier alpha value is -4.09. The van der Waals surface area contributed by atoms with E-state index in [1.807, 2.05) is 0 Å². The van der Waals surface area contributed by atoms with Crippen LogP contribution >= 0.6 is 0 Å². The lowest BCUT2D eigenvalue weighted by Gasteiger charge is -2.52. The van der Waals surface area contributed by atoms with E-state index in [9.17, 15) is 43.4 Å². The number of phenols is 1. The molecule has 0 spiro atoms. The third-order valence-electron chi connectivity index (χ3n) is 8.38. The van der Waals surface area contributed by atoms with E-state index in [0.717, 1.165) is 6.07 Å². The molecular weight excluding hydrogens is 511 g/mol. The Balaban J connectivity index is 1.66. The van der Waals surface area contributed by atoms with E-state index in [1.165, 1.54) is 43.3 Å². The van der Waals surface area contributed by atoms with E-state index in [2.05, 4.69) is 0 Å². The van der Waals surface area contributed by atoms with Crippen molar-refractivity contribution in [3.05, 3.63) is 52.8 Å². The van der Waals surface area contributed by atoms with Crippen LogP contribution in [0.1, 0.15) is 32.7 Å². The molecule has 2 unspecified atom stereocenters. The molecule has 0 radical (unpaired) electrons. The molecule has 202 valence electrons. The molecule has 0 aliphatic heterocycles. The number of primary amides is 1. The Bertz CT molecular complexity index is 1500. The highest BCUT2D eigenvalue weighted by molar-refractivity contribution is 6.32. The van der Waals surface area contributed by atoms with Crippen molar-refractivity contribution in [3.63, 3.8) is 0 Å². The number of aliphatic hydroxyl groups is 1. The van der Waals surface area contributed by atoms with Gasteiger partial charge >= 0.3 is 0 Å². The summed E-state index contributed by atoms with van der Waals surface area (Å²) in [5, 5.41) is 22.2. The number of carbonyl (C=O) groups excluding carboxylic acids is 6. The van der Waals surface area contributed by atoms with Crippen LogP contribution in [0.25, 0.3) is 11.1 Å². The summed E-state index contributed by atoms with van der Waals surface area (Å²) in [5.41, 5.74) is 3.31. The highest BCUT2D eigenvalue weighted by Gasteiger charge is 2.69. The number of hydrogen-bond acceptors (Lipinski definition) is 9. The first-order valence-corrected chi connectivity index (χ1v) is 12.3. The van der Waals surface area contributed by atoms with Crippen LogP contribution in [-0.2, 0) is 25.6 Å². The van der Waals surface area contributed by atoms with Gasteiger partial charge in [0.05, 0.1) is 23.1 Å². The zero-order chi connectivity index (χ0) is 28.5. The maximum atomic E-state index is 14.0. The predicted octanol–water partition coefficient (Wildman–Crippen LogP) is 0.486. The van der Waals surface area contributed by atoms with E-state index in [0.29, 0.717) is 23.0 Å². The Morgan fingerprint density at radius 3 is 2.44 bits per heavy atom. The molecule has 2 aromatic rings. The molecule has 4 N–H and O–H groups in total. The maximum Gasteiger partial charge on any atom is 0.235 e. The minimum atomic E-state index is -2.81. The summed E-state index contributed by atoms with van der Waals surface area (Å²) in [6.07, 6.45) is 0.302. The summed E-state index contributed by atoms with van der Waals surface area (Å²) >= 11 is 0. The van der Waals surface area contributed by atoms with Crippen LogP contribution in [0.3, 0.4) is 0 Å². The van der Waals surface area contributed by atoms with E-state index < -0.39 is 75.9 Å². The zero-order valence-electron chi connectivity index (χ0n) is 21.0. The number of aromatic hydroxyl groups is 1. The van der Waals surface area contributed by atoms with Gasteiger partial charge in [-0.1, -0.05) is 12.1 Å². The van der Waals surface area contributed by atoms with E-state index in [-0.39, 0.29) is 24.0 Å². The highest BCUT2D eigenvalue weighted by atomic mass is 19.1. The number of carbonyl (C=O) groups is 6. The number of aldehydes is 1. The van der Waals surface area contributed by atoms with Gasteiger partial charge in [-0.2, -0.15) is 0 Å². The number of ketones is 4. The largest absolute Gasteiger partial charge is 0.507 e. The van der Waals surface area contributed by atoms with Crippen molar-refractivity contribution in [3.8, 4) is 16.9 Å². The third-order valence-corrected chi connectivity index (χ3v) is 8.38. The lowest BCUT2D eigenvalue weighted by atomic mass is 9.52. The third kappa shape index (κ3) is 3.60. The Labute approximate surface area is 221 Å². The monoisotopic (exact) mass is 536 g/mol. The van der Waals surface area contributed by atoms with Crippen molar-refractivity contribution < 1.29 is 43.4 Å². The number of hydrogen-bond donors (Lipinski definition) is 3. The molecule has 0 heterocycles. The van der Waals surface area contributed by atoms with Crippen molar-refractivity contribution in [2.24, 2.45) is 29.4 Å². The number of fused-ring (bicyclic) bond motifs is 3. The van der Waals surface area contributed by atoms with Crippen LogP contribution in [0.4, 0.5) is 4.39 Å². The molecule has 6 atom stereocenters. The molecular formula is C28H25FN2O8. The van der Waals surface area contributed by atoms with Gasteiger partial charge in [0.15, 0.2) is 40.9 Å². The summed E-state index contributed by atoms with van der Waals surface area (Å²) in [5.74, 6) is -12.2. The number of halogens is 1. The SMILES string of the molecule is CN(C)[C@H]1C(=O)C(C(N)=O)C(=O)[C@]2(O)C(=O)C3C(=O)c4c(O)ccc(-c5ccc(F)c(C=O)c5)c4C[C@@H]3C[C@H]12. The molecule has 5 rings (SSSR count). The minimum Gasteiger partial charge on any atom is -0.507 e. The number of Topliss-reactive ketones (excluding diaryl/α,β-unsaturated/α-hetero) is 4. The van der Waals surface area contributed by atoms with Gasteiger partial charge < -0.3 is 15.9 Å². The molecule has 39 heavy (non-hydrogen) atoms. The summed E-state index contributed by atoms with van der Waals surface area (Å²) in [4.78, 5) is 78.9. The number of phenolic OH excluding ortho intramolecular Hbond substituents is 1. The number of nitrogens with zero attached hydrogens (tertiary/aromatic N) is 1. The average molecular weight is 537 g/mol. The Kier molecular flexibility index (Phi) is 6.11. The number of rotatable bonds is 4. The number of amides is 1. The normalized spacial score (nSPS) is 30.0. The van der Waals surface area contributed by atoms with Gasteiger partial charge in [-0.25, -0.2) is 4.39 Å². The highest BCUT2D eigenvalue weighted by Crippen LogP contribution is 2.51. The molecule has 2 aromatic carbocycles. The lowest BCUT2D eigenvalue weighted by Crippen LogP contribution is -2.74. The second-order valence-corrected chi connectivity index (χ2v) is 10.6. The summed E-state index contributed by atoms with van der Waals surface area (Å²) in [6.45, 7) is 0. The molecule has 3 aliphatic carbocycles. The van der Waals surface area contributed by atoms with Crippen LogP contribution in [0, 0.1) is 29.5 Å². The number of nitrogens with two attached hydrogens (primary N) is 1. The van der Waals surface area contributed by atoms with Crippen molar-refractivity contribution in [1.82, 2.24) is 4.90 Å². The van der Waals surface area contributed by atoms with Crippen molar-refractivity contribution >= 4 is 35.3 Å². The summed E-state index contributed by atoms with van der Waals surface area (Å²) in [6, 6.07) is 5.37. The Morgan fingerprint density at radius 2 is 1.82 bits per heavy atom. The fourth-order valence-corrected chi connectivity index (χ4v) is 6.68. The fourth-order valence-electron chi connectivity index (χ4n) is 6.68. The van der Waals surface area contributed by atoms with Crippen LogP contribution in [0.2, 0.25) is 0 Å². The summed E-state index contributed by atoms with van der Waals surface area (Å²) in [7, 11) is 3.01. The fraction of sp³-hybridized carbons (Fsp3) is 0.357. The standard InChI is InChI=1S/C28H25FN2O8/c1-31(2)22-16-9-12-8-15-14(11-3-5-17(29)13(7-11)10-32)4-6-18(33)20(15)23(34)19(12)25(36)28(16,39)26(37)21(24(22)35)27(30)38/h3-7,10,12,16,19,21-22,33,39H,8-9H2,1-2H3,(H2,30,38)/t12-,16-,19?,21?,22-,28-/m1/s1. The van der Waals surface area contributed by atoms with E-state index >= 15 is 0 Å². The first-order valence-electron chi connectivity index (χ1n) is 12.3. The second kappa shape index (κ2) is 8.99. The lowest BCUT2D eigenvalue weighted by molar-refractivity contribution is -0.181. The van der Waals surface area contributed by atoms with Crippen LogP contribution in [0.5, 0.6) is 5.75 Å². The molecule has 2 saturated carbocycles. The van der Waals surface area contributed by atoms with Crippen molar-refractivity contribution in [2.75, 3.05) is 14.1 Å². The zero-order valence-corrected chi connectivity index (χ0v) is 21.0. The van der Waals surface area contributed by atoms with Gasteiger partial charge in [0.25, 0.3) is 0 Å². The second-order valence-electron chi connectivity index (χ2n) is 10.6. The van der Waals surface area contributed by atoms with Crippen LogP contribution in [-0.4, -0.2) is 76.2 Å². The van der Waals surface area contributed by atoms with Gasteiger partial charge in [0, 0.05) is 5.92 Å². The maximum absolute atomic E-state index is 14.0. The molecule has 0 bridgehead atoms. The molecule has 3 aliphatic rings. The van der Waals surface area contributed by atoms with Crippen molar-refractivity contribution in [2.45, 2.75) is 24.5 Å². The van der Waals surface area contributed by atoms with E-state index in [4.69, 9.17) is 5.73 Å². The number of likely N-dealkylation sites (N-methyl/N-ethyl adjacent to an activating group) is 1. The van der Waals surface area contributed by atoms with Crippen LogP contribution < -0.4 is 5.73 Å². The molecule has 10 nitrogen and oxygen atoms in total. The van der Waals surface area contributed by atoms with Gasteiger partial charge in [0.2, 0.25) is 5.91 Å². The van der Waals surface area contributed by atoms with Gasteiger partial charge in [-0.05, 0) is 67.7 Å². The quantitative estimate of drug-likeness (QED) is 0.371. The average Bonchev–Trinajstić information content (AvgIpc) is 2.86. The molecule has 0 saturated heterocycles. The minimum absolute atomic E-state index is 0.0450. The topological polar surface area (TPSA) is 172 Å². The van der Waals surface area contributed by atoms with Crippen LogP contribution in [0.15, 0.2) is 30.3 Å². The number of benzene rings is 2. The van der Waals surface area contributed by atoms with Crippen molar-refractivity contribution in [1.29, 1.82) is 0 Å². The van der Waals surface area contributed by atoms with Gasteiger partial charge in [0.1, 0.15) is 11.6 Å². The smallest absolute Gasteiger partial charge is 0.235 e. The molecule has 0 aromatic heterocycles. The molecule has 1 amide bonds. The predicted molar refractivity (Wildman–Crippen MR) is 132 cm³/mol.